The highest BCUT2D eigenvalue weighted by molar-refractivity contribution is 6.31. The molecule has 0 fully saturated rings. The van der Waals surface area contributed by atoms with Crippen molar-refractivity contribution >= 4 is 34.9 Å². The molecule has 7 heteroatoms. The summed E-state index contributed by atoms with van der Waals surface area (Å²) in [7, 11) is 0. The second kappa shape index (κ2) is 10.7. The molecule has 0 spiro atoms. The molecule has 29 heavy (non-hydrogen) atoms. The first kappa shape index (κ1) is 22.6. The van der Waals surface area contributed by atoms with Crippen LogP contribution in [0.3, 0.4) is 0 Å². The highest BCUT2D eigenvalue weighted by atomic mass is 35.5. The van der Waals surface area contributed by atoms with Crippen molar-refractivity contribution in [2.75, 3.05) is 25.0 Å². The Kier molecular flexibility index (Phi) is 8.36. The van der Waals surface area contributed by atoms with Gasteiger partial charge in [-0.05, 0) is 38.6 Å². The molecule has 0 aromatic heterocycles. The van der Waals surface area contributed by atoms with Crippen molar-refractivity contribution in [2.24, 2.45) is 0 Å². The first-order chi connectivity index (χ1) is 13.8. The van der Waals surface area contributed by atoms with Crippen LogP contribution in [0, 0.1) is 0 Å². The molecule has 0 bridgehead atoms. The lowest BCUT2D eigenvalue weighted by Gasteiger charge is -2.20. The average Bonchev–Trinajstić information content (AvgIpc) is 2.68. The van der Waals surface area contributed by atoms with Gasteiger partial charge in [0.25, 0.3) is 0 Å². The number of likely N-dealkylation sites (N-methyl/N-ethyl adjacent to an activating group) is 1. The normalized spacial score (nSPS) is 10.8. The molecule has 2 amide bonds. The Labute approximate surface area is 176 Å². The van der Waals surface area contributed by atoms with Gasteiger partial charge in [0.2, 0.25) is 11.8 Å². The second-order valence-corrected chi connectivity index (χ2v) is 7.40. The van der Waals surface area contributed by atoms with Crippen molar-refractivity contribution in [3.8, 4) is 0 Å². The predicted molar refractivity (Wildman–Crippen MR) is 115 cm³/mol. The van der Waals surface area contributed by atoms with Gasteiger partial charge in [-0.15, -0.1) is 0 Å². The molecule has 0 aliphatic rings. The number of hydrogen-bond acceptors (Lipinski definition) is 4. The first-order valence-electron chi connectivity index (χ1n) is 9.51. The number of rotatable bonds is 9. The van der Waals surface area contributed by atoms with Gasteiger partial charge < -0.3 is 10.6 Å². The molecule has 0 unspecified atom stereocenters. The Bertz CT molecular complexity index is 869. The summed E-state index contributed by atoms with van der Waals surface area (Å²) < 4.78 is 0. The van der Waals surface area contributed by atoms with E-state index in [2.05, 4.69) is 10.6 Å². The molecular weight excluding hydrogens is 390 g/mol. The monoisotopic (exact) mass is 415 g/mol. The average molecular weight is 416 g/mol. The lowest BCUT2D eigenvalue weighted by Crippen LogP contribution is -2.42. The van der Waals surface area contributed by atoms with Crippen molar-refractivity contribution in [3.63, 3.8) is 0 Å². The van der Waals surface area contributed by atoms with E-state index in [0.29, 0.717) is 28.4 Å². The number of nitrogens with zero attached hydrogens (tertiary/aromatic N) is 1. The highest BCUT2D eigenvalue weighted by Gasteiger charge is 2.18. The molecule has 2 aromatic carbocycles. The van der Waals surface area contributed by atoms with Crippen LogP contribution in [0.2, 0.25) is 5.02 Å². The zero-order valence-corrected chi connectivity index (χ0v) is 17.6. The zero-order chi connectivity index (χ0) is 21.4. The van der Waals surface area contributed by atoms with E-state index in [1.54, 1.807) is 47.4 Å². The molecule has 0 saturated carbocycles. The van der Waals surface area contributed by atoms with Gasteiger partial charge in [-0.2, -0.15) is 0 Å². The summed E-state index contributed by atoms with van der Waals surface area (Å²) >= 11 is 6.07. The van der Waals surface area contributed by atoms with E-state index in [0.717, 1.165) is 0 Å². The molecule has 0 aliphatic heterocycles. The van der Waals surface area contributed by atoms with Crippen molar-refractivity contribution in [1.82, 2.24) is 10.2 Å². The third-order valence-corrected chi connectivity index (χ3v) is 4.40. The molecule has 6 nitrogen and oxygen atoms in total. The summed E-state index contributed by atoms with van der Waals surface area (Å²) in [5.41, 5.74) is 1.21. The van der Waals surface area contributed by atoms with Gasteiger partial charge in [0.05, 0.1) is 18.8 Å². The number of carbonyl (C=O) groups is 3. The molecular formula is C22H26ClN3O3. The molecule has 0 saturated heterocycles. The van der Waals surface area contributed by atoms with E-state index in [4.69, 9.17) is 11.6 Å². The van der Waals surface area contributed by atoms with E-state index in [1.165, 1.54) is 0 Å². The summed E-state index contributed by atoms with van der Waals surface area (Å²) in [5.74, 6) is -0.679. The summed E-state index contributed by atoms with van der Waals surface area (Å²) in [5, 5.41) is 5.99. The fourth-order valence-corrected chi connectivity index (χ4v) is 2.97. The number of hydrogen-bond donors (Lipinski definition) is 2. The predicted octanol–water partition coefficient (Wildman–Crippen LogP) is 3.36. The molecule has 0 heterocycles. The number of anilines is 1. The Morgan fingerprint density at radius 1 is 1.00 bits per heavy atom. The molecule has 2 rings (SSSR count). The maximum atomic E-state index is 12.9. The Hall–Kier alpha value is -2.70. The van der Waals surface area contributed by atoms with E-state index in [-0.39, 0.29) is 36.7 Å². The third-order valence-electron chi connectivity index (χ3n) is 4.17. The van der Waals surface area contributed by atoms with Gasteiger partial charge in [-0.3, -0.25) is 19.3 Å². The van der Waals surface area contributed by atoms with E-state index in [9.17, 15) is 14.4 Å². The van der Waals surface area contributed by atoms with Crippen molar-refractivity contribution in [2.45, 2.75) is 26.8 Å². The smallest absolute Gasteiger partial charge is 0.238 e. The number of carbonyl (C=O) groups excluding carboxylic acids is 3. The van der Waals surface area contributed by atoms with Crippen LogP contribution in [0.4, 0.5) is 5.69 Å². The standard InChI is InChI=1S/C22H26ClN3O3/c1-4-26(13-20(27)24-15(2)3)14-21(28)25-19-11-10-17(23)12-18(19)22(29)16-8-6-5-7-9-16/h5-12,15H,4,13-14H2,1-3H3,(H,24,27)(H,25,28). The van der Waals surface area contributed by atoms with Crippen molar-refractivity contribution in [3.05, 3.63) is 64.7 Å². The molecule has 154 valence electrons. The molecule has 0 atom stereocenters. The van der Waals surface area contributed by atoms with Crippen LogP contribution in [-0.2, 0) is 9.59 Å². The Balaban J connectivity index is 2.12. The van der Waals surface area contributed by atoms with Crippen LogP contribution in [0.5, 0.6) is 0 Å². The molecule has 2 aromatic rings. The van der Waals surface area contributed by atoms with Crippen LogP contribution in [0.15, 0.2) is 48.5 Å². The Morgan fingerprint density at radius 3 is 2.28 bits per heavy atom. The van der Waals surface area contributed by atoms with Crippen molar-refractivity contribution in [1.29, 1.82) is 0 Å². The topological polar surface area (TPSA) is 78.5 Å². The van der Waals surface area contributed by atoms with Crippen LogP contribution in [0.25, 0.3) is 0 Å². The Morgan fingerprint density at radius 2 is 1.66 bits per heavy atom. The molecule has 0 aliphatic carbocycles. The summed E-state index contributed by atoms with van der Waals surface area (Å²) in [6, 6.07) is 13.6. The maximum Gasteiger partial charge on any atom is 0.238 e. The summed E-state index contributed by atoms with van der Waals surface area (Å²) in [4.78, 5) is 39.1. The summed E-state index contributed by atoms with van der Waals surface area (Å²) in [6.07, 6.45) is 0. The molecule has 0 radical (unpaired) electrons. The number of nitrogens with one attached hydrogen (secondary N) is 2. The minimum absolute atomic E-state index is 0.0314. The molecule has 2 N–H and O–H groups in total. The SMILES string of the molecule is CCN(CC(=O)Nc1ccc(Cl)cc1C(=O)c1ccccc1)CC(=O)NC(C)C. The number of benzene rings is 2. The van der Waals surface area contributed by atoms with Crippen LogP contribution >= 0.6 is 11.6 Å². The van der Waals surface area contributed by atoms with E-state index in [1.807, 2.05) is 26.8 Å². The fraction of sp³-hybridized carbons (Fsp3) is 0.318. The number of ketones is 1. The number of amides is 2. The van der Waals surface area contributed by atoms with Crippen LogP contribution in [0.1, 0.15) is 36.7 Å². The van der Waals surface area contributed by atoms with Gasteiger partial charge in [0, 0.05) is 22.2 Å². The van der Waals surface area contributed by atoms with Gasteiger partial charge in [0.1, 0.15) is 0 Å². The lowest BCUT2D eigenvalue weighted by atomic mass is 10.0. The highest BCUT2D eigenvalue weighted by Crippen LogP contribution is 2.23. The quantitative estimate of drug-likeness (QED) is 0.615. The fourth-order valence-electron chi connectivity index (χ4n) is 2.80. The van der Waals surface area contributed by atoms with E-state index < -0.39 is 0 Å². The van der Waals surface area contributed by atoms with Crippen LogP contribution < -0.4 is 10.6 Å². The maximum absolute atomic E-state index is 12.9. The first-order valence-corrected chi connectivity index (χ1v) is 9.88. The van der Waals surface area contributed by atoms with Gasteiger partial charge in [-0.25, -0.2) is 0 Å². The van der Waals surface area contributed by atoms with Gasteiger partial charge in [0.15, 0.2) is 5.78 Å². The van der Waals surface area contributed by atoms with Crippen LogP contribution in [-0.4, -0.2) is 48.2 Å². The van der Waals surface area contributed by atoms with Crippen molar-refractivity contribution < 1.29 is 14.4 Å². The largest absolute Gasteiger partial charge is 0.353 e. The minimum Gasteiger partial charge on any atom is -0.353 e. The lowest BCUT2D eigenvalue weighted by molar-refractivity contribution is -0.123. The zero-order valence-electron chi connectivity index (χ0n) is 16.9. The summed E-state index contributed by atoms with van der Waals surface area (Å²) in [6.45, 7) is 6.33. The third kappa shape index (κ3) is 7.00. The number of halogens is 1. The minimum atomic E-state index is -0.311. The van der Waals surface area contributed by atoms with Gasteiger partial charge in [-0.1, -0.05) is 48.9 Å². The van der Waals surface area contributed by atoms with Gasteiger partial charge >= 0.3 is 0 Å². The van der Waals surface area contributed by atoms with E-state index >= 15 is 0 Å². The second-order valence-electron chi connectivity index (χ2n) is 6.96.